The number of rotatable bonds is 3. The van der Waals surface area contributed by atoms with E-state index in [1.165, 1.54) is 23.1 Å². The summed E-state index contributed by atoms with van der Waals surface area (Å²) in [6.07, 6.45) is 3.59. The Kier molecular flexibility index (Phi) is 3.12. The minimum absolute atomic E-state index is 0.496. The zero-order chi connectivity index (χ0) is 10.7. The molecule has 2 aromatic rings. The summed E-state index contributed by atoms with van der Waals surface area (Å²) in [5.74, 6) is 0.706. The van der Waals surface area contributed by atoms with Gasteiger partial charge in [-0.25, -0.2) is 9.97 Å². The predicted octanol–water partition coefficient (Wildman–Crippen LogP) is 1.51. The molecule has 0 saturated carbocycles. The van der Waals surface area contributed by atoms with E-state index >= 15 is 0 Å². The standard InChI is InChI=1S/C8H9N5S2/c1-5-2-10-8(11-3-5)14-4-6-12-13-7(9)15-6/h2-3H,4H2,1H3,(H2,9,13). The number of aromatic nitrogens is 4. The van der Waals surface area contributed by atoms with Crippen LogP contribution in [-0.4, -0.2) is 20.2 Å². The molecule has 0 bridgehead atoms. The Hall–Kier alpha value is -1.21. The van der Waals surface area contributed by atoms with Crippen LogP contribution in [0.5, 0.6) is 0 Å². The molecule has 0 fully saturated rings. The predicted molar refractivity (Wildman–Crippen MR) is 60.7 cm³/mol. The Morgan fingerprint density at radius 3 is 2.67 bits per heavy atom. The third kappa shape index (κ3) is 2.87. The highest BCUT2D eigenvalue weighted by Gasteiger charge is 2.03. The monoisotopic (exact) mass is 239 g/mol. The number of nitrogens with zero attached hydrogens (tertiary/aromatic N) is 4. The van der Waals surface area contributed by atoms with Crippen molar-refractivity contribution in [2.75, 3.05) is 5.73 Å². The van der Waals surface area contributed by atoms with E-state index in [9.17, 15) is 0 Å². The maximum absolute atomic E-state index is 5.47. The topological polar surface area (TPSA) is 77.6 Å². The van der Waals surface area contributed by atoms with Gasteiger partial charge in [0, 0.05) is 12.4 Å². The Morgan fingerprint density at radius 2 is 2.07 bits per heavy atom. The third-order valence-corrected chi connectivity index (χ3v) is 3.39. The molecule has 0 radical (unpaired) electrons. The van der Waals surface area contributed by atoms with Gasteiger partial charge in [-0.1, -0.05) is 23.1 Å². The van der Waals surface area contributed by atoms with Gasteiger partial charge in [0.05, 0.1) is 5.75 Å². The van der Waals surface area contributed by atoms with Gasteiger partial charge in [0.2, 0.25) is 5.13 Å². The van der Waals surface area contributed by atoms with E-state index in [0.29, 0.717) is 10.9 Å². The van der Waals surface area contributed by atoms with Crippen LogP contribution in [0.15, 0.2) is 17.6 Å². The molecule has 2 heterocycles. The second-order valence-corrected chi connectivity index (χ2v) is 4.90. The lowest BCUT2D eigenvalue weighted by Crippen LogP contribution is -1.87. The van der Waals surface area contributed by atoms with Gasteiger partial charge >= 0.3 is 0 Å². The number of anilines is 1. The fourth-order valence-electron chi connectivity index (χ4n) is 0.906. The molecule has 0 aliphatic rings. The molecule has 0 aromatic carbocycles. The summed E-state index contributed by atoms with van der Waals surface area (Å²) in [6, 6.07) is 0. The Morgan fingerprint density at radius 1 is 1.33 bits per heavy atom. The molecule has 0 aliphatic heterocycles. The second-order valence-electron chi connectivity index (χ2n) is 2.87. The molecule has 2 rings (SSSR count). The summed E-state index contributed by atoms with van der Waals surface area (Å²) in [7, 11) is 0. The van der Waals surface area contributed by atoms with Crippen molar-refractivity contribution in [1.82, 2.24) is 20.2 Å². The number of thioether (sulfide) groups is 1. The molecular weight excluding hydrogens is 230 g/mol. The van der Waals surface area contributed by atoms with E-state index in [1.54, 1.807) is 12.4 Å². The van der Waals surface area contributed by atoms with Crippen LogP contribution in [0.3, 0.4) is 0 Å². The molecule has 0 unspecified atom stereocenters. The lowest BCUT2D eigenvalue weighted by atomic mass is 10.4. The van der Waals surface area contributed by atoms with Crippen molar-refractivity contribution in [2.45, 2.75) is 17.8 Å². The van der Waals surface area contributed by atoms with E-state index in [1.807, 2.05) is 6.92 Å². The normalized spacial score (nSPS) is 10.5. The average Bonchev–Trinajstić information content (AvgIpc) is 2.64. The first-order chi connectivity index (χ1) is 7.24. The van der Waals surface area contributed by atoms with Gasteiger partial charge in [-0.2, -0.15) is 0 Å². The van der Waals surface area contributed by atoms with Crippen molar-refractivity contribution in [3.63, 3.8) is 0 Å². The average molecular weight is 239 g/mol. The molecule has 78 valence electrons. The van der Waals surface area contributed by atoms with E-state index in [4.69, 9.17) is 5.73 Å². The van der Waals surface area contributed by atoms with Crippen LogP contribution in [-0.2, 0) is 5.75 Å². The minimum Gasteiger partial charge on any atom is -0.374 e. The summed E-state index contributed by atoms with van der Waals surface area (Å²) in [4.78, 5) is 8.35. The molecular formula is C8H9N5S2. The third-order valence-electron chi connectivity index (χ3n) is 1.56. The van der Waals surface area contributed by atoms with Crippen molar-refractivity contribution < 1.29 is 0 Å². The largest absolute Gasteiger partial charge is 0.374 e. The van der Waals surface area contributed by atoms with Crippen LogP contribution in [0, 0.1) is 6.92 Å². The van der Waals surface area contributed by atoms with Crippen LogP contribution in [0.1, 0.15) is 10.6 Å². The Labute approximate surface area is 95.2 Å². The van der Waals surface area contributed by atoms with Gasteiger partial charge in [-0.15, -0.1) is 10.2 Å². The smallest absolute Gasteiger partial charge is 0.203 e. The molecule has 0 spiro atoms. The fourth-order valence-corrected chi connectivity index (χ4v) is 2.29. The van der Waals surface area contributed by atoms with Crippen molar-refractivity contribution in [3.05, 3.63) is 23.0 Å². The first-order valence-electron chi connectivity index (χ1n) is 4.23. The number of hydrogen-bond acceptors (Lipinski definition) is 7. The van der Waals surface area contributed by atoms with Crippen molar-refractivity contribution in [1.29, 1.82) is 0 Å². The fraction of sp³-hybridized carbons (Fsp3) is 0.250. The first kappa shape index (κ1) is 10.3. The van der Waals surface area contributed by atoms with Gasteiger partial charge in [0.25, 0.3) is 0 Å². The minimum atomic E-state index is 0.496. The summed E-state index contributed by atoms with van der Waals surface area (Å²) in [6.45, 7) is 1.96. The molecule has 0 atom stereocenters. The highest BCUT2D eigenvalue weighted by Crippen LogP contribution is 2.21. The van der Waals surface area contributed by atoms with Crippen molar-refractivity contribution in [2.24, 2.45) is 0 Å². The van der Waals surface area contributed by atoms with E-state index in [0.717, 1.165) is 15.7 Å². The molecule has 0 saturated heterocycles. The van der Waals surface area contributed by atoms with Crippen LogP contribution >= 0.6 is 23.1 Å². The molecule has 5 nitrogen and oxygen atoms in total. The molecule has 2 N–H and O–H groups in total. The molecule has 7 heteroatoms. The van der Waals surface area contributed by atoms with Crippen molar-refractivity contribution in [3.8, 4) is 0 Å². The van der Waals surface area contributed by atoms with Crippen LogP contribution in [0.2, 0.25) is 0 Å². The summed E-state index contributed by atoms with van der Waals surface area (Å²) in [5, 5.41) is 9.78. The number of aryl methyl sites for hydroxylation is 1. The highest BCUT2D eigenvalue weighted by atomic mass is 32.2. The Balaban J connectivity index is 1.96. The second kappa shape index (κ2) is 4.54. The zero-order valence-corrected chi connectivity index (χ0v) is 9.68. The maximum atomic E-state index is 5.47. The van der Waals surface area contributed by atoms with Crippen molar-refractivity contribution >= 4 is 28.2 Å². The summed E-state index contributed by atoms with van der Waals surface area (Å²) >= 11 is 2.91. The maximum Gasteiger partial charge on any atom is 0.203 e. The van der Waals surface area contributed by atoms with Crippen LogP contribution < -0.4 is 5.73 Å². The molecule has 0 amide bonds. The van der Waals surface area contributed by atoms with Gasteiger partial charge < -0.3 is 5.73 Å². The summed E-state index contributed by atoms with van der Waals surface area (Å²) < 4.78 is 0. The lowest BCUT2D eigenvalue weighted by Gasteiger charge is -1.96. The quantitative estimate of drug-likeness (QED) is 0.646. The lowest BCUT2D eigenvalue weighted by molar-refractivity contribution is 0.947. The molecule has 0 aliphatic carbocycles. The highest BCUT2D eigenvalue weighted by molar-refractivity contribution is 7.98. The number of hydrogen-bond donors (Lipinski definition) is 1. The van der Waals surface area contributed by atoms with E-state index < -0.39 is 0 Å². The zero-order valence-electron chi connectivity index (χ0n) is 8.04. The number of nitrogen functional groups attached to an aromatic ring is 1. The Bertz CT molecular complexity index is 439. The van der Waals surface area contributed by atoms with E-state index in [2.05, 4.69) is 20.2 Å². The first-order valence-corrected chi connectivity index (χ1v) is 6.03. The van der Waals surface area contributed by atoms with Gasteiger partial charge in [-0.3, -0.25) is 0 Å². The van der Waals surface area contributed by atoms with Crippen LogP contribution in [0.4, 0.5) is 5.13 Å². The van der Waals surface area contributed by atoms with Crippen LogP contribution in [0.25, 0.3) is 0 Å². The molecule has 15 heavy (non-hydrogen) atoms. The van der Waals surface area contributed by atoms with Gasteiger partial charge in [0.1, 0.15) is 5.01 Å². The molecule has 2 aromatic heterocycles. The van der Waals surface area contributed by atoms with Gasteiger partial charge in [0.15, 0.2) is 5.16 Å². The summed E-state index contributed by atoms with van der Waals surface area (Å²) in [5.41, 5.74) is 6.53. The SMILES string of the molecule is Cc1cnc(SCc2nnc(N)s2)nc1. The number of nitrogens with two attached hydrogens (primary N) is 1. The van der Waals surface area contributed by atoms with E-state index in [-0.39, 0.29) is 0 Å². The van der Waals surface area contributed by atoms with Gasteiger partial charge in [-0.05, 0) is 12.5 Å².